The fourth-order valence-electron chi connectivity index (χ4n) is 3.87. The number of methoxy groups -OCH3 is 1. The summed E-state index contributed by atoms with van der Waals surface area (Å²) in [6, 6.07) is 12.0. The van der Waals surface area contributed by atoms with E-state index in [0.717, 1.165) is 12.0 Å². The molecule has 2 unspecified atom stereocenters. The quantitative estimate of drug-likeness (QED) is 0.801. The Balaban J connectivity index is 1.94. The van der Waals surface area contributed by atoms with Crippen molar-refractivity contribution in [2.24, 2.45) is 11.8 Å². The third-order valence-corrected chi connectivity index (χ3v) is 7.13. The molecule has 29 heavy (non-hydrogen) atoms. The summed E-state index contributed by atoms with van der Waals surface area (Å²) in [4.78, 5) is 12.8. The van der Waals surface area contributed by atoms with E-state index in [1.807, 2.05) is 31.2 Å². The van der Waals surface area contributed by atoms with Crippen molar-refractivity contribution < 1.29 is 17.9 Å². The van der Waals surface area contributed by atoms with Crippen molar-refractivity contribution in [1.82, 2.24) is 4.31 Å². The molecule has 1 N–H and O–H groups in total. The van der Waals surface area contributed by atoms with Crippen LogP contribution in [0.5, 0.6) is 5.75 Å². The first kappa shape index (κ1) is 21.3. The number of nitrogens with zero attached hydrogens (tertiary/aromatic N) is 1. The molecule has 0 bridgehead atoms. The number of rotatable bonds is 5. The summed E-state index contributed by atoms with van der Waals surface area (Å²) >= 11 is 0. The van der Waals surface area contributed by atoms with Crippen molar-refractivity contribution in [3.63, 3.8) is 0 Å². The lowest BCUT2D eigenvalue weighted by Crippen LogP contribution is -2.42. The first-order valence-corrected chi connectivity index (χ1v) is 11.2. The topological polar surface area (TPSA) is 75.7 Å². The van der Waals surface area contributed by atoms with Crippen LogP contribution in [0.2, 0.25) is 0 Å². The van der Waals surface area contributed by atoms with Gasteiger partial charge >= 0.3 is 0 Å². The van der Waals surface area contributed by atoms with Crippen LogP contribution in [-0.2, 0) is 10.0 Å². The molecule has 7 heteroatoms. The molecule has 0 aliphatic carbocycles. The number of aryl methyl sites for hydroxylation is 1. The molecule has 1 saturated heterocycles. The van der Waals surface area contributed by atoms with Gasteiger partial charge in [-0.25, -0.2) is 8.42 Å². The molecule has 2 aromatic carbocycles. The molecule has 1 amide bonds. The lowest BCUT2D eigenvalue weighted by Gasteiger charge is -2.34. The largest absolute Gasteiger partial charge is 0.495 e. The molecule has 3 rings (SSSR count). The van der Waals surface area contributed by atoms with Crippen molar-refractivity contribution >= 4 is 21.6 Å². The SMILES string of the molecule is COc1ccc(C(=O)Nc2ccccc2C)cc1S(=O)(=O)N1CC(C)CC(C)C1. The van der Waals surface area contributed by atoms with E-state index >= 15 is 0 Å². The maximum atomic E-state index is 13.4. The number of sulfonamides is 1. The van der Waals surface area contributed by atoms with Crippen LogP contribution in [0.4, 0.5) is 5.69 Å². The Hall–Kier alpha value is -2.38. The second-order valence-corrected chi connectivity index (χ2v) is 9.81. The van der Waals surface area contributed by atoms with Gasteiger partial charge in [0.2, 0.25) is 10.0 Å². The lowest BCUT2D eigenvalue weighted by molar-refractivity contribution is 0.102. The number of para-hydroxylation sites is 1. The number of nitrogens with one attached hydrogen (secondary N) is 1. The summed E-state index contributed by atoms with van der Waals surface area (Å²) < 4.78 is 33.5. The second kappa shape index (κ2) is 8.55. The van der Waals surface area contributed by atoms with Gasteiger partial charge in [-0.1, -0.05) is 32.0 Å². The highest BCUT2D eigenvalue weighted by Gasteiger charge is 2.34. The molecule has 1 heterocycles. The van der Waals surface area contributed by atoms with Gasteiger partial charge in [0.25, 0.3) is 5.91 Å². The van der Waals surface area contributed by atoms with Gasteiger partial charge in [0, 0.05) is 24.3 Å². The molecular formula is C22H28N2O4S. The van der Waals surface area contributed by atoms with Crippen LogP contribution in [0.1, 0.15) is 36.2 Å². The third-order valence-electron chi connectivity index (χ3n) is 5.27. The molecule has 6 nitrogen and oxygen atoms in total. The van der Waals surface area contributed by atoms with Crippen LogP contribution in [0.3, 0.4) is 0 Å². The molecule has 1 fully saturated rings. The number of amides is 1. The van der Waals surface area contributed by atoms with Crippen molar-refractivity contribution in [2.75, 3.05) is 25.5 Å². The highest BCUT2D eigenvalue weighted by molar-refractivity contribution is 7.89. The molecule has 0 radical (unpaired) electrons. The number of anilines is 1. The Kier molecular flexibility index (Phi) is 6.29. The Morgan fingerprint density at radius 1 is 1.10 bits per heavy atom. The predicted molar refractivity (Wildman–Crippen MR) is 114 cm³/mol. The molecule has 1 aliphatic rings. The van der Waals surface area contributed by atoms with Gasteiger partial charge in [0.15, 0.2) is 0 Å². The number of hydrogen-bond donors (Lipinski definition) is 1. The summed E-state index contributed by atoms with van der Waals surface area (Å²) in [6.45, 7) is 6.95. The standard InChI is InChI=1S/C22H28N2O4S/c1-15-11-16(2)14-24(13-15)29(26,27)21-12-18(9-10-20(21)28-4)22(25)23-19-8-6-5-7-17(19)3/h5-10,12,15-16H,11,13-14H2,1-4H3,(H,23,25). The number of carbonyl (C=O) groups excluding carboxylic acids is 1. The predicted octanol–water partition coefficient (Wildman–Crippen LogP) is 3.92. The van der Waals surface area contributed by atoms with Gasteiger partial charge in [-0.15, -0.1) is 0 Å². The van der Waals surface area contributed by atoms with Crippen molar-refractivity contribution in [1.29, 1.82) is 0 Å². The number of benzene rings is 2. The van der Waals surface area contributed by atoms with E-state index < -0.39 is 10.0 Å². The van der Waals surface area contributed by atoms with Gasteiger partial charge in [0.05, 0.1) is 7.11 Å². The minimum Gasteiger partial charge on any atom is -0.495 e. The maximum Gasteiger partial charge on any atom is 0.255 e. The number of carbonyl (C=O) groups is 1. The van der Waals surface area contributed by atoms with E-state index in [-0.39, 0.29) is 34.0 Å². The normalized spacial score (nSPS) is 20.3. The van der Waals surface area contributed by atoms with Crippen molar-refractivity contribution in [2.45, 2.75) is 32.1 Å². The molecule has 0 spiro atoms. The first-order chi connectivity index (χ1) is 13.7. The molecule has 0 saturated carbocycles. The second-order valence-electron chi connectivity index (χ2n) is 7.90. The average molecular weight is 417 g/mol. The number of ether oxygens (including phenoxy) is 1. The zero-order chi connectivity index (χ0) is 21.2. The van der Waals surface area contributed by atoms with E-state index in [9.17, 15) is 13.2 Å². The smallest absolute Gasteiger partial charge is 0.255 e. The summed E-state index contributed by atoms with van der Waals surface area (Å²) in [5.41, 5.74) is 1.89. The summed E-state index contributed by atoms with van der Waals surface area (Å²) in [6.07, 6.45) is 1.00. The fraction of sp³-hybridized carbons (Fsp3) is 0.409. The maximum absolute atomic E-state index is 13.4. The molecular weight excluding hydrogens is 388 g/mol. The van der Waals surface area contributed by atoms with E-state index in [1.165, 1.54) is 23.5 Å². The van der Waals surface area contributed by atoms with Crippen LogP contribution in [0, 0.1) is 18.8 Å². The average Bonchev–Trinajstić information content (AvgIpc) is 2.68. The molecule has 156 valence electrons. The third kappa shape index (κ3) is 4.62. The zero-order valence-electron chi connectivity index (χ0n) is 17.3. The van der Waals surface area contributed by atoms with Crippen LogP contribution in [0.25, 0.3) is 0 Å². The molecule has 2 atom stereocenters. The van der Waals surface area contributed by atoms with Crippen molar-refractivity contribution in [3.8, 4) is 5.75 Å². The highest BCUT2D eigenvalue weighted by atomic mass is 32.2. The van der Waals surface area contributed by atoms with Gasteiger partial charge in [-0.3, -0.25) is 4.79 Å². The first-order valence-electron chi connectivity index (χ1n) is 9.77. The summed E-state index contributed by atoms with van der Waals surface area (Å²) in [7, 11) is -2.35. The van der Waals surface area contributed by atoms with Gasteiger partial charge < -0.3 is 10.1 Å². The molecule has 2 aromatic rings. The number of hydrogen-bond acceptors (Lipinski definition) is 4. The van der Waals surface area contributed by atoms with E-state index in [1.54, 1.807) is 6.07 Å². The minimum absolute atomic E-state index is 0.0266. The molecule has 0 aromatic heterocycles. The molecule has 1 aliphatic heterocycles. The minimum atomic E-state index is -3.78. The Morgan fingerprint density at radius 2 is 1.76 bits per heavy atom. The highest BCUT2D eigenvalue weighted by Crippen LogP contribution is 2.32. The van der Waals surface area contributed by atoms with E-state index in [4.69, 9.17) is 4.74 Å². The number of piperidine rings is 1. The van der Waals surface area contributed by atoms with Gasteiger partial charge in [-0.05, 0) is 55.0 Å². The Labute approximate surface area is 172 Å². The Morgan fingerprint density at radius 3 is 2.38 bits per heavy atom. The van der Waals surface area contributed by atoms with E-state index in [0.29, 0.717) is 18.8 Å². The Bertz CT molecular complexity index is 994. The van der Waals surface area contributed by atoms with Crippen LogP contribution in [0.15, 0.2) is 47.4 Å². The van der Waals surface area contributed by atoms with Gasteiger partial charge in [-0.2, -0.15) is 4.31 Å². The summed E-state index contributed by atoms with van der Waals surface area (Å²) in [5.74, 6) is 0.446. The van der Waals surface area contributed by atoms with E-state index in [2.05, 4.69) is 19.2 Å². The zero-order valence-corrected chi connectivity index (χ0v) is 18.1. The van der Waals surface area contributed by atoms with Crippen molar-refractivity contribution in [3.05, 3.63) is 53.6 Å². The fourth-order valence-corrected chi connectivity index (χ4v) is 5.73. The lowest BCUT2D eigenvalue weighted by atomic mass is 9.94. The van der Waals surface area contributed by atoms with Gasteiger partial charge in [0.1, 0.15) is 10.6 Å². The van der Waals surface area contributed by atoms with Crippen LogP contribution in [-0.4, -0.2) is 38.8 Å². The van der Waals surface area contributed by atoms with Crippen LogP contribution < -0.4 is 10.1 Å². The summed E-state index contributed by atoms with van der Waals surface area (Å²) in [5, 5.41) is 2.85. The van der Waals surface area contributed by atoms with Crippen LogP contribution >= 0.6 is 0 Å². The monoisotopic (exact) mass is 416 g/mol.